The first kappa shape index (κ1) is 15.1. The molecule has 2 N–H and O–H groups in total. The highest BCUT2D eigenvalue weighted by molar-refractivity contribution is 5.40. The van der Waals surface area contributed by atoms with Crippen LogP contribution in [0.5, 0.6) is 5.75 Å². The monoisotopic (exact) mass is 310 g/mol. The van der Waals surface area contributed by atoms with Gasteiger partial charge in [-0.15, -0.1) is 5.73 Å². The van der Waals surface area contributed by atoms with Crippen LogP contribution in [0.1, 0.15) is 56.1 Å². The fourth-order valence-corrected chi connectivity index (χ4v) is 6.03. The van der Waals surface area contributed by atoms with Crippen LogP contribution in [0.25, 0.3) is 0 Å². The second-order valence-electron chi connectivity index (χ2n) is 8.07. The molecule has 122 valence electrons. The summed E-state index contributed by atoms with van der Waals surface area (Å²) in [6.45, 7) is 5.97. The summed E-state index contributed by atoms with van der Waals surface area (Å²) in [7, 11) is 0. The van der Waals surface area contributed by atoms with Gasteiger partial charge in [-0.25, -0.2) is 0 Å². The van der Waals surface area contributed by atoms with Gasteiger partial charge < -0.3 is 10.2 Å². The maximum absolute atomic E-state index is 11.2. The molecule has 0 heterocycles. The highest BCUT2D eigenvalue weighted by atomic mass is 16.3. The third-order valence-corrected chi connectivity index (χ3v) is 7.27. The fraction of sp³-hybridized carbons (Fsp3) is 0.571. The van der Waals surface area contributed by atoms with Crippen molar-refractivity contribution in [1.29, 1.82) is 0 Å². The second kappa shape index (κ2) is 5.00. The van der Waals surface area contributed by atoms with Crippen molar-refractivity contribution in [1.82, 2.24) is 0 Å². The van der Waals surface area contributed by atoms with Crippen LogP contribution in [0.4, 0.5) is 0 Å². The van der Waals surface area contributed by atoms with Crippen molar-refractivity contribution >= 4 is 0 Å². The SMILES string of the molecule is C=C=C[C@]1(O)CC[C@H]2[C@@H]3CCc4cc(O)ccc4[C@H]3CC[C@@]21C. The van der Waals surface area contributed by atoms with Gasteiger partial charge in [0.25, 0.3) is 0 Å². The van der Waals surface area contributed by atoms with E-state index in [2.05, 4.69) is 25.3 Å². The maximum atomic E-state index is 11.2. The lowest BCUT2D eigenvalue weighted by molar-refractivity contribution is -0.0708. The number of phenolic OH excluding ortho intramolecular Hbond substituents is 1. The van der Waals surface area contributed by atoms with Crippen molar-refractivity contribution in [2.24, 2.45) is 17.3 Å². The van der Waals surface area contributed by atoms with Crippen molar-refractivity contribution in [3.63, 3.8) is 0 Å². The van der Waals surface area contributed by atoms with Crippen LogP contribution >= 0.6 is 0 Å². The number of fused-ring (bicyclic) bond motifs is 5. The van der Waals surface area contributed by atoms with E-state index in [1.807, 2.05) is 18.2 Å². The summed E-state index contributed by atoms with van der Waals surface area (Å²) < 4.78 is 0. The summed E-state index contributed by atoms with van der Waals surface area (Å²) in [5.74, 6) is 2.19. The Balaban J connectivity index is 1.71. The van der Waals surface area contributed by atoms with Crippen LogP contribution in [0.3, 0.4) is 0 Å². The normalized spacial score (nSPS) is 41.4. The molecule has 3 aliphatic carbocycles. The van der Waals surface area contributed by atoms with Crippen LogP contribution in [-0.4, -0.2) is 15.8 Å². The molecule has 0 bridgehead atoms. The largest absolute Gasteiger partial charge is 0.508 e. The number of aromatic hydroxyl groups is 1. The fourth-order valence-electron chi connectivity index (χ4n) is 6.03. The van der Waals surface area contributed by atoms with Gasteiger partial charge in [0.1, 0.15) is 5.75 Å². The van der Waals surface area contributed by atoms with Crippen LogP contribution in [-0.2, 0) is 6.42 Å². The lowest BCUT2D eigenvalue weighted by Gasteiger charge is -2.52. The van der Waals surface area contributed by atoms with Gasteiger partial charge in [0.2, 0.25) is 0 Å². The Bertz CT molecular complexity index is 687. The number of aliphatic hydroxyl groups is 1. The number of aryl methyl sites for hydroxylation is 1. The van der Waals surface area contributed by atoms with Crippen LogP contribution in [0, 0.1) is 17.3 Å². The molecule has 0 aliphatic heterocycles. The molecule has 23 heavy (non-hydrogen) atoms. The van der Waals surface area contributed by atoms with E-state index in [0.29, 0.717) is 23.5 Å². The average molecular weight is 310 g/mol. The molecule has 2 heteroatoms. The Morgan fingerprint density at radius 3 is 2.87 bits per heavy atom. The summed E-state index contributed by atoms with van der Waals surface area (Å²) in [5, 5.41) is 20.9. The van der Waals surface area contributed by atoms with E-state index in [9.17, 15) is 10.2 Å². The van der Waals surface area contributed by atoms with Gasteiger partial charge in [-0.3, -0.25) is 0 Å². The zero-order chi connectivity index (χ0) is 16.2. The Morgan fingerprint density at radius 1 is 1.26 bits per heavy atom. The Hall–Kier alpha value is -1.50. The van der Waals surface area contributed by atoms with Crippen molar-refractivity contribution in [3.05, 3.63) is 47.7 Å². The van der Waals surface area contributed by atoms with Gasteiger partial charge in [0.05, 0.1) is 5.60 Å². The second-order valence-corrected chi connectivity index (χ2v) is 8.07. The topological polar surface area (TPSA) is 40.5 Å². The third kappa shape index (κ3) is 1.98. The van der Waals surface area contributed by atoms with E-state index in [1.165, 1.54) is 17.5 Å². The quantitative estimate of drug-likeness (QED) is 0.758. The minimum atomic E-state index is -0.736. The highest BCUT2D eigenvalue weighted by Crippen LogP contribution is 2.64. The van der Waals surface area contributed by atoms with Gasteiger partial charge >= 0.3 is 0 Å². The first-order valence-corrected chi connectivity index (χ1v) is 8.90. The van der Waals surface area contributed by atoms with Crippen molar-refractivity contribution in [2.75, 3.05) is 0 Å². The van der Waals surface area contributed by atoms with E-state index >= 15 is 0 Å². The van der Waals surface area contributed by atoms with E-state index in [0.717, 1.165) is 32.1 Å². The molecule has 1 aromatic rings. The van der Waals surface area contributed by atoms with Crippen LogP contribution in [0.2, 0.25) is 0 Å². The molecule has 0 aromatic heterocycles. The molecule has 3 aliphatic rings. The summed E-state index contributed by atoms with van der Waals surface area (Å²) >= 11 is 0. The van der Waals surface area contributed by atoms with Crippen molar-refractivity contribution in [2.45, 2.75) is 57.0 Å². The minimum Gasteiger partial charge on any atom is -0.508 e. The number of benzene rings is 1. The number of hydrogen-bond acceptors (Lipinski definition) is 2. The van der Waals surface area contributed by atoms with Gasteiger partial charge in [-0.1, -0.05) is 19.6 Å². The lowest BCUT2D eigenvalue weighted by Crippen LogP contribution is -2.49. The number of rotatable bonds is 1. The van der Waals surface area contributed by atoms with Crippen LogP contribution in [0.15, 0.2) is 36.6 Å². The summed E-state index contributed by atoms with van der Waals surface area (Å²) in [4.78, 5) is 0. The molecule has 5 atom stereocenters. The van der Waals surface area contributed by atoms with E-state index in [4.69, 9.17) is 0 Å². The van der Waals surface area contributed by atoms with E-state index in [-0.39, 0.29) is 5.41 Å². The van der Waals surface area contributed by atoms with E-state index < -0.39 is 5.60 Å². The predicted octanol–water partition coefficient (Wildman–Crippen LogP) is 4.32. The standard InChI is InChI=1S/C21H26O2/c1-3-10-21(23)12-9-19-18-6-4-14-13-15(22)5-7-16(14)17(18)8-11-20(19,21)2/h5,7,10,13,17-19,22-23H,1,4,6,8-9,11-12H2,2H3/t17-,18-,19+,20+,21+/m1/s1. The molecule has 0 saturated heterocycles. The summed E-state index contributed by atoms with van der Waals surface area (Å²) in [6.07, 6.45) is 8.16. The summed E-state index contributed by atoms with van der Waals surface area (Å²) in [5.41, 5.74) is 4.83. The predicted molar refractivity (Wildman–Crippen MR) is 91.4 cm³/mol. The zero-order valence-electron chi connectivity index (χ0n) is 13.9. The molecule has 2 nitrogen and oxygen atoms in total. The van der Waals surface area contributed by atoms with Gasteiger partial charge in [-0.2, -0.15) is 0 Å². The molecule has 1 aromatic carbocycles. The number of hydrogen-bond donors (Lipinski definition) is 2. The average Bonchev–Trinajstić information content (AvgIpc) is 2.79. The Kier molecular flexibility index (Phi) is 3.27. The number of phenols is 1. The Labute approximate surface area is 138 Å². The molecular weight excluding hydrogens is 284 g/mol. The molecule has 0 unspecified atom stereocenters. The van der Waals surface area contributed by atoms with Crippen LogP contribution < -0.4 is 0 Å². The summed E-state index contributed by atoms with van der Waals surface area (Å²) in [6, 6.07) is 5.92. The first-order chi connectivity index (χ1) is 11.0. The molecule has 0 radical (unpaired) electrons. The van der Waals surface area contributed by atoms with Crippen molar-refractivity contribution in [3.8, 4) is 5.75 Å². The van der Waals surface area contributed by atoms with Crippen molar-refractivity contribution < 1.29 is 10.2 Å². The highest BCUT2D eigenvalue weighted by Gasteiger charge is 2.60. The van der Waals surface area contributed by atoms with Gasteiger partial charge in [0, 0.05) is 5.41 Å². The van der Waals surface area contributed by atoms with E-state index in [1.54, 1.807) is 0 Å². The first-order valence-electron chi connectivity index (χ1n) is 8.90. The molecule has 2 saturated carbocycles. The maximum Gasteiger partial charge on any atom is 0.115 e. The smallest absolute Gasteiger partial charge is 0.115 e. The lowest BCUT2D eigenvalue weighted by atomic mass is 9.53. The molecular formula is C21H26O2. The Morgan fingerprint density at radius 2 is 2.09 bits per heavy atom. The third-order valence-electron chi connectivity index (χ3n) is 7.27. The van der Waals surface area contributed by atoms with Gasteiger partial charge in [-0.05, 0) is 85.6 Å². The molecule has 0 amide bonds. The van der Waals surface area contributed by atoms with Gasteiger partial charge in [0.15, 0.2) is 0 Å². The molecule has 4 rings (SSSR count). The minimum absolute atomic E-state index is 0.0483. The molecule has 2 fully saturated rings. The molecule has 0 spiro atoms. The zero-order valence-corrected chi connectivity index (χ0v) is 13.9.